The molecule has 1 aliphatic heterocycles. The number of imide groups is 2. The number of ether oxygens (including phenoxy) is 2. The van der Waals surface area contributed by atoms with E-state index in [4.69, 9.17) is 32.7 Å². The van der Waals surface area contributed by atoms with Crippen molar-refractivity contribution in [1.82, 2.24) is 5.32 Å². The van der Waals surface area contributed by atoms with Crippen molar-refractivity contribution in [3.63, 3.8) is 0 Å². The Hall–Kier alpha value is -3.63. The normalized spacial score (nSPS) is 14.2. The lowest BCUT2D eigenvalue weighted by Gasteiger charge is -2.26. The summed E-state index contributed by atoms with van der Waals surface area (Å²) in [4.78, 5) is 39.9. The molecule has 0 aromatic heterocycles. The predicted octanol–water partition coefficient (Wildman–Crippen LogP) is 8.34. The number of urea groups is 1. The van der Waals surface area contributed by atoms with Gasteiger partial charge in [0.15, 0.2) is 0 Å². The second-order valence-corrected chi connectivity index (χ2v) is 11.7. The van der Waals surface area contributed by atoms with E-state index < -0.39 is 17.8 Å². The fourth-order valence-corrected chi connectivity index (χ4v) is 5.15. The zero-order valence-electron chi connectivity index (χ0n) is 21.6. The monoisotopic (exact) mass is 728 g/mol. The summed E-state index contributed by atoms with van der Waals surface area (Å²) in [6, 6.07) is 23.5. The summed E-state index contributed by atoms with van der Waals surface area (Å²) < 4.78 is 13.5. The third-order valence-electron chi connectivity index (χ3n) is 6.19. The van der Waals surface area contributed by atoms with Crippen molar-refractivity contribution in [3.05, 3.63) is 126 Å². The number of carbonyl (C=O) groups is 3. The Morgan fingerprint density at radius 3 is 2.21 bits per heavy atom. The first-order valence-corrected chi connectivity index (χ1v) is 14.8. The van der Waals surface area contributed by atoms with Crippen LogP contribution >= 0.6 is 55.1 Å². The van der Waals surface area contributed by atoms with Gasteiger partial charge in [-0.25, -0.2) is 9.69 Å². The minimum atomic E-state index is -0.857. The van der Waals surface area contributed by atoms with Crippen LogP contribution in [0.25, 0.3) is 6.08 Å². The molecule has 1 fully saturated rings. The molecule has 4 amide bonds. The van der Waals surface area contributed by atoms with Gasteiger partial charge in [0.2, 0.25) is 0 Å². The first-order valence-electron chi connectivity index (χ1n) is 12.4. The number of halogens is 4. The quantitative estimate of drug-likeness (QED) is 0.146. The van der Waals surface area contributed by atoms with Crippen LogP contribution in [0.4, 0.5) is 10.5 Å². The number of hydrogen-bond acceptors (Lipinski definition) is 5. The largest absolute Gasteiger partial charge is 0.489 e. The number of nitrogens with one attached hydrogen (secondary N) is 1. The number of nitrogens with zero attached hydrogens (tertiary/aromatic N) is 1. The number of benzene rings is 4. The molecule has 11 heteroatoms. The number of barbiturate groups is 1. The van der Waals surface area contributed by atoms with Crippen LogP contribution in [0.2, 0.25) is 10.0 Å². The maximum absolute atomic E-state index is 13.5. The van der Waals surface area contributed by atoms with Crippen LogP contribution < -0.4 is 19.7 Å². The second kappa shape index (κ2) is 13.1. The highest BCUT2D eigenvalue weighted by Gasteiger charge is 2.37. The summed E-state index contributed by atoms with van der Waals surface area (Å²) in [5.41, 5.74) is 2.20. The lowest BCUT2D eigenvalue weighted by atomic mass is 10.1. The van der Waals surface area contributed by atoms with Crippen molar-refractivity contribution in [2.24, 2.45) is 0 Å². The minimum Gasteiger partial charge on any atom is -0.489 e. The van der Waals surface area contributed by atoms with Crippen LogP contribution in [0.3, 0.4) is 0 Å². The molecule has 0 radical (unpaired) electrons. The fraction of sp³-hybridized carbons (Fsp3) is 0.0645. The van der Waals surface area contributed by atoms with Gasteiger partial charge in [-0.2, -0.15) is 0 Å². The van der Waals surface area contributed by atoms with E-state index in [-0.39, 0.29) is 24.5 Å². The molecule has 5 rings (SSSR count). The van der Waals surface area contributed by atoms with Crippen molar-refractivity contribution in [1.29, 1.82) is 0 Å². The van der Waals surface area contributed by atoms with Crippen LogP contribution in [-0.4, -0.2) is 17.8 Å². The second-order valence-electron chi connectivity index (χ2n) is 9.07. The number of amides is 4. The molecular weight excluding hydrogens is 711 g/mol. The molecule has 0 spiro atoms. The molecular formula is C31H20Br2Cl2N2O5. The third kappa shape index (κ3) is 7.04. The minimum absolute atomic E-state index is 0.193. The highest BCUT2D eigenvalue weighted by molar-refractivity contribution is 9.10. The van der Waals surface area contributed by atoms with Gasteiger partial charge in [0.1, 0.15) is 30.3 Å². The summed E-state index contributed by atoms with van der Waals surface area (Å²) >= 11 is 19.0. The molecule has 1 aliphatic rings. The van der Waals surface area contributed by atoms with Gasteiger partial charge in [-0.3, -0.25) is 14.9 Å². The summed E-state index contributed by atoms with van der Waals surface area (Å²) in [5.74, 6) is -0.632. The Kier molecular flexibility index (Phi) is 9.33. The number of rotatable bonds is 8. The highest BCUT2D eigenvalue weighted by Crippen LogP contribution is 2.30. The fourth-order valence-electron chi connectivity index (χ4n) is 4.04. The summed E-state index contributed by atoms with van der Waals surface area (Å²) in [6.45, 7) is 0.465. The van der Waals surface area contributed by atoms with E-state index in [1.54, 1.807) is 60.7 Å². The van der Waals surface area contributed by atoms with Gasteiger partial charge in [0, 0.05) is 30.1 Å². The molecule has 212 valence electrons. The molecule has 4 aromatic carbocycles. The standard InChI is InChI=1S/C31H20Br2Cl2N2O5/c32-21-4-1-18(2-5-21)16-42-28-12-6-22(33)13-20(28)14-26-29(38)36-31(40)37(30(26)39)24-8-10-25(11-9-24)41-17-19-3-7-23(34)15-27(19)35/h1-15H,16-17H2,(H,36,38,40)/b26-14+. The third-order valence-corrected chi connectivity index (χ3v) is 7.79. The average Bonchev–Trinajstić information content (AvgIpc) is 2.96. The molecule has 0 atom stereocenters. The zero-order chi connectivity index (χ0) is 29.8. The summed E-state index contributed by atoms with van der Waals surface area (Å²) in [6.07, 6.45) is 1.41. The lowest BCUT2D eigenvalue weighted by Crippen LogP contribution is -2.54. The van der Waals surface area contributed by atoms with Crippen molar-refractivity contribution in [3.8, 4) is 11.5 Å². The molecule has 1 heterocycles. The SMILES string of the molecule is O=C1NC(=O)N(c2ccc(OCc3ccc(Cl)cc3Cl)cc2)C(=O)/C1=C/c1cc(Br)ccc1OCc1ccc(Br)cc1. The van der Waals surface area contributed by atoms with Crippen molar-refractivity contribution in [2.45, 2.75) is 13.2 Å². The first-order chi connectivity index (χ1) is 20.2. The summed E-state index contributed by atoms with van der Waals surface area (Å²) in [7, 11) is 0. The molecule has 0 bridgehead atoms. The molecule has 1 saturated heterocycles. The van der Waals surface area contributed by atoms with Crippen LogP contribution in [-0.2, 0) is 22.8 Å². The van der Waals surface area contributed by atoms with Crippen LogP contribution in [0, 0.1) is 0 Å². The molecule has 0 saturated carbocycles. The zero-order valence-corrected chi connectivity index (χ0v) is 26.3. The number of hydrogen-bond donors (Lipinski definition) is 1. The Bertz CT molecular complexity index is 1710. The van der Waals surface area contributed by atoms with E-state index in [2.05, 4.69) is 37.2 Å². The predicted molar refractivity (Wildman–Crippen MR) is 169 cm³/mol. The molecule has 1 N–H and O–H groups in total. The molecule has 0 aliphatic carbocycles. The van der Waals surface area contributed by atoms with E-state index in [0.717, 1.165) is 25.0 Å². The maximum atomic E-state index is 13.5. The van der Waals surface area contributed by atoms with Gasteiger partial charge in [0.05, 0.1) is 5.69 Å². The smallest absolute Gasteiger partial charge is 0.335 e. The van der Waals surface area contributed by atoms with Gasteiger partial charge >= 0.3 is 6.03 Å². The van der Waals surface area contributed by atoms with Gasteiger partial charge < -0.3 is 9.47 Å². The van der Waals surface area contributed by atoms with Crippen LogP contribution in [0.15, 0.2) is 99.4 Å². The lowest BCUT2D eigenvalue weighted by molar-refractivity contribution is -0.122. The average molecular weight is 731 g/mol. The molecule has 0 unspecified atom stereocenters. The summed E-state index contributed by atoms with van der Waals surface area (Å²) in [5, 5.41) is 3.24. The van der Waals surface area contributed by atoms with Gasteiger partial charge in [-0.1, -0.05) is 73.3 Å². The molecule has 4 aromatic rings. The maximum Gasteiger partial charge on any atom is 0.335 e. The molecule has 42 heavy (non-hydrogen) atoms. The van der Waals surface area contributed by atoms with Gasteiger partial charge in [0.25, 0.3) is 11.8 Å². The van der Waals surface area contributed by atoms with E-state index in [9.17, 15) is 14.4 Å². The van der Waals surface area contributed by atoms with E-state index >= 15 is 0 Å². The first kappa shape index (κ1) is 29.8. The molecule has 7 nitrogen and oxygen atoms in total. The Morgan fingerprint density at radius 2 is 1.50 bits per heavy atom. The van der Waals surface area contributed by atoms with E-state index in [0.29, 0.717) is 27.1 Å². The Morgan fingerprint density at radius 1 is 0.786 bits per heavy atom. The van der Waals surface area contributed by atoms with E-state index in [1.807, 2.05) is 24.3 Å². The van der Waals surface area contributed by atoms with Crippen LogP contribution in [0.5, 0.6) is 11.5 Å². The topological polar surface area (TPSA) is 84.9 Å². The van der Waals surface area contributed by atoms with Gasteiger partial charge in [-0.15, -0.1) is 0 Å². The van der Waals surface area contributed by atoms with Crippen molar-refractivity contribution >= 4 is 84.7 Å². The Balaban J connectivity index is 1.35. The number of carbonyl (C=O) groups excluding carboxylic acids is 3. The van der Waals surface area contributed by atoms with Crippen molar-refractivity contribution in [2.75, 3.05) is 4.90 Å². The van der Waals surface area contributed by atoms with Crippen LogP contribution in [0.1, 0.15) is 16.7 Å². The Labute approximate surface area is 268 Å². The van der Waals surface area contributed by atoms with Crippen molar-refractivity contribution < 1.29 is 23.9 Å². The highest BCUT2D eigenvalue weighted by atomic mass is 79.9. The number of anilines is 1. The van der Waals surface area contributed by atoms with Gasteiger partial charge in [-0.05, 0) is 78.4 Å². The van der Waals surface area contributed by atoms with E-state index in [1.165, 1.54) is 6.08 Å².